The summed E-state index contributed by atoms with van der Waals surface area (Å²) < 4.78 is 44.3. The summed E-state index contributed by atoms with van der Waals surface area (Å²) in [7, 11) is 0. The van der Waals surface area contributed by atoms with Gasteiger partial charge >= 0.3 is 6.18 Å². The monoisotopic (exact) mass is 379 g/mol. The average Bonchev–Trinajstić information content (AvgIpc) is 2.91. The maximum absolute atomic E-state index is 12.8. The first-order chi connectivity index (χ1) is 12.5. The number of pyridine rings is 2. The van der Waals surface area contributed by atoms with E-state index >= 15 is 0 Å². The lowest BCUT2D eigenvalue weighted by molar-refractivity contribution is -0.137. The largest absolute Gasteiger partial charge is 0.491 e. The number of hydrogen-bond donors (Lipinski definition) is 1. The van der Waals surface area contributed by atoms with E-state index in [0.29, 0.717) is 40.0 Å². The SMILES string of the molecule is FC(F)(F)c1cnc2nc(N/N=C3\CCCOc4cccnc43)sc2c1. The Morgan fingerprint density at radius 3 is 3.00 bits per heavy atom. The Balaban J connectivity index is 1.62. The first kappa shape index (κ1) is 16.7. The highest BCUT2D eigenvalue weighted by molar-refractivity contribution is 7.22. The van der Waals surface area contributed by atoms with Gasteiger partial charge in [0.2, 0.25) is 5.13 Å². The van der Waals surface area contributed by atoms with E-state index in [4.69, 9.17) is 4.74 Å². The van der Waals surface area contributed by atoms with Crippen LogP contribution in [-0.2, 0) is 6.18 Å². The van der Waals surface area contributed by atoms with Gasteiger partial charge in [-0.3, -0.25) is 10.4 Å². The molecule has 3 aromatic heterocycles. The lowest BCUT2D eigenvalue weighted by Gasteiger charge is -2.05. The Kier molecular flexibility index (Phi) is 4.19. The van der Waals surface area contributed by atoms with Crippen molar-refractivity contribution in [2.24, 2.45) is 5.10 Å². The summed E-state index contributed by atoms with van der Waals surface area (Å²) in [6.07, 6.45) is -0.551. The molecule has 0 saturated heterocycles. The smallest absolute Gasteiger partial charge is 0.417 e. The molecule has 0 radical (unpaired) electrons. The third kappa shape index (κ3) is 3.32. The number of nitrogens with one attached hydrogen (secondary N) is 1. The molecule has 1 aliphatic rings. The van der Waals surface area contributed by atoms with Gasteiger partial charge in [-0.2, -0.15) is 23.3 Å². The predicted octanol–water partition coefficient (Wildman–Crippen LogP) is 4.09. The number of aromatic nitrogens is 3. The molecule has 1 aliphatic heterocycles. The van der Waals surface area contributed by atoms with Crippen molar-refractivity contribution in [1.82, 2.24) is 15.0 Å². The molecule has 3 aromatic rings. The van der Waals surface area contributed by atoms with E-state index in [9.17, 15) is 13.2 Å². The second-order valence-electron chi connectivity index (χ2n) is 5.53. The lowest BCUT2D eigenvalue weighted by atomic mass is 10.1. The van der Waals surface area contributed by atoms with Crippen molar-refractivity contribution >= 4 is 32.5 Å². The van der Waals surface area contributed by atoms with E-state index in [0.717, 1.165) is 30.0 Å². The van der Waals surface area contributed by atoms with E-state index in [2.05, 4.69) is 25.5 Å². The standard InChI is InChI=1S/C16H12F3N5OS/c17-16(18,19)9-7-12-14(21-8-9)22-15(26-12)24-23-10-3-2-6-25-11-4-1-5-20-13(10)11/h1,4-5,7-8H,2-3,6H2,(H,21,22,24)/b23-10+. The molecule has 0 unspecified atom stereocenters. The van der Waals surface area contributed by atoms with Crippen molar-refractivity contribution in [1.29, 1.82) is 0 Å². The third-order valence-electron chi connectivity index (χ3n) is 3.72. The van der Waals surface area contributed by atoms with Crippen molar-refractivity contribution in [3.63, 3.8) is 0 Å². The highest BCUT2D eigenvalue weighted by Gasteiger charge is 2.31. The van der Waals surface area contributed by atoms with Gasteiger partial charge in [-0.05, 0) is 31.0 Å². The molecule has 4 rings (SSSR count). The summed E-state index contributed by atoms with van der Waals surface area (Å²) >= 11 is 1.06. The van der Waals surface area contributed by atoms with Crippen molar-refractivity contribution in [3.8, 4) is 5.75 Å². The summed E-state index contributed by atoms with van der Waals surface area (Å²) in [6, 6.07) is 4.64. The van der Waals surface area contributed by atoms with E-state index in [1.165, 1.54) is 0 Å². The van der Waals surface area contributed by atoms with Crippen LogP contribution in [0.3, 0.4) is 0 Å². The second-order valence-corrected chi connectivity index (χ2v) is 6.57. The van der Waals surface area contributed by atoms with Crippen LogP contribution >= 0.6 is 11.3 Å². The number of anilines is 1. The molecule has 0 aliphatic carbocycles. The zero-order chi connectivity index (χ0) is 18.1. The molecule has 10 heteroatoms. The van der Waals surface area contributed by atoms with Crippen molar-refractivity contribution in [2.45, 2.75) is 19.0 Å². The molecule has 0 bridgehead atoms. The molecule has 0 fully saturated rings. The summed E-state index contributed by atoms with van der Waals surface area (Å²) in [5, 5.41) is 4.71. The molecule has 0 amide bonds. The summed E-state index contributed by atoms with van der Waals surface area (Å²) in [6.45, 7) is 0.572. The number of hydrazone groups is 1. The zero-order valence-corrected chi connectivity index (χ0v) is 14.1. The van der Waals surface area contributed by atoms with Gasteiger partial charge in [0.1, 0.15) is 11.4 Å². The van der Waals surface area contributed by atoms with Gasteiger partial charge < -0.3 is 4.74 Å². The van der Waals surface area contributed by atoms with Crippen LogP contribution in [0.25, 0.3) is 10.3 Å². The predicted molar refractivity (Wildman–Crippen MR) is 91.5 cm³/mol. The van der Waals surface area contributed by atoms with E-state index in [-0.39, 0.29) is 5.65 Å². The Hall–Kier alpha value is -2.75. The fourth-order valence-corrected chi connectivity index (χ4v) is 3.32. The number of fused-ring (bicyclic) bond motifs is 2. The van der Waals surface area contributed by atoms with Crippen LogP contribution in [-0.4, -0.2) is 27.3 Å². The highest BCUT2D eigenvalue weighted by atomic mass is 32.1. The van der Waals surface area contributed by atoms with Crippen molar-refractivity contribution in [2.75, 3.05) is 12.0 Å². The molecule has 6 nitrogen and oxygen atoms in total. The Bertz CT molecular complexity index is 985. The van der Waals surface area contributed by atoms with E-state index < -0.39 is 11.7 Å². The number of ether oxygens (including phenoxy) is 1. The molecular formula is C16H12F3N5OS. The van der Waals surface area contributed by atoms with Gasteiger partial charge in [0.15, 0.2) is 5.65 Å². The van der Waals surface area contributed by atoms with E-state index in [1.54, 1.807) is 12.3 Å². The fraction of sp³-hybridized carbons (Fsp3) is 0.250. The highest BCUT2D eigenvalue weighted by Crippen LogP contribution is 2.33. The molecule has 0 atom stereocenters. The summed E-state index contributed by atoms with van der Waals surface area (Å²) in [4.78, 5) is 12.2. The minimum Gasteiger partial charge on any atom is -0.491 e. The van der Waals surface area contributed by atoms with Crippen LogP contribution in [0.1, 0.15) is 24.1 Å². The van der Waals surface area contributed by atoms with Crippen LogP contribution in [0.15, 0.2) is 35.7 Å². The maximum atomic E-state index is 12.8. The Morgan fingerprint density at radius 1 is 1.27 bits per heavy atom. The average molecular weight is 379 g/mol. The maximum Gasteiger partial charge on any atom is 0.417 e. The topological polar surface area (TPSA) is 72.3 Å². The first-order valence-corrected chi connectivity index (χ1v) is 8.57. The molecule has 0 saturated carbocycles. The third-order valence-corrected chi connectivity index (χ3v) is 4.62. The number of rotatable bonds is 2. The molecule has 0 aromatic carbocycles. The number of hydrogen-bond acceptors (Lipinski definition) is 7. The molecular weight excluding hydrogens is 367 g/mol. The quantitative estimate of drug-likeness (QED) is 0.679. The van der Waals surface area contributed by atoms with Crippen molar-refractivity contribution in [3.05, 3.63) is 41.9 Å². The van der Waals surface area contributed by atoms with Gasteiger partial charge in [0.05, 0.1) is 22.6 Å². The van der Waals surface area contributed by atoms with Gasteiger partial charge in [0.25, 0.3) is 0 Å². The van der Waals surface area contributed by atoms with Crippen LogP contribution in [0.2, 0.25) is 0 Å². The van der Waals surface area contributed by atoms with Gasteiger partial charge in [0, 0.05) is 12.4 Å². The minimum absolute atomic E-state index is 0.244. The second kappa shape index (κ2) is 6.52. The van der Waals surface area contributed by atoms with Crippen LogP contribution in [0.5, 0.6) is 5.75 Å². The normalized spacial score (nSPS) is 16.2. The fourth-order valence-electron chi connectivity index (χ4n) is 2.51. The van der Waals surface area contributed by atoms with Crippen LogP contribution < -0.4 is 10.2 Å². The van der Waals surface area contributed by atoms with Gasteiger partial charge in [-0.15, -0.1) is 0 Å². The Morgan fingerprint density at radius 2 is 2.15 bits per heavy atom. The molecule has 4 heterocycles. The van der Waals surface area contributed by atoms with E-state index in [1.807, 2.05) is 6.07 Å². The first-order valence-electron chi connectivity index (χ1n) is 7.75. The summed E-state index contributed by atoms with van der Waals surface area (Å²) in [5.41, 5.74) is 3.61. The summed E-state index contributed by atoms with van der Waals surface area (Å²) in [5.74, 6) is 0.659. The molecule has 0 spiro atoms. The number of nitrogens with zero attached hydrogens (tertiary/aromatic N) is 4. The zero-order valence-electron chi connectivity index (χ0n) is 13.2. The molecule has 1 N–H and O–H groups in total. The number of alkyl halides is 3. The van der Waals surface area contributed by atoms with Crippen molar-refractivity contribution < 1.29 is 17.9 Å². The Labute approximate surface area is 149 Å². The van der Waals surface area contributed by atoms with Crippen LogP contribution in [0.4, 0.5) is 18.3 Å². The minimum atomic E-state index is -4.44. The van der Waals surface area contributed by atoms with Crippen LogP contribution in [0, 0.1) is 0 Å². The number of thiazole rings is 1. The number of halogens is 3. The lowest BCUT2D eigenvalue weighted by Crippen LogP contribution is -2.05. The molecule has 134 valence electrons. The van der Waals surface area contributed by atoms with Gasteiger partial charge in [-0.25, -0.2) is 4.98 Å². The van der Waals surface area contributed by atoms with Gasteiger partial charge in [-0.1, -0.05) is 11.3 Å². The molecule has 26 heavy (non-hydrogen) atoms.